The quantitative estimate of drug-likeness (QED) is 0.257. The predicted octanol–water partition coefficient (Wildman–Crippen LogP) is 8.65. The molecule has 1 saturated heterocycles. The smallest absolute Gasteiger partial charge is 0.419 e. The molecule has 1 atom stereocenters. The van der Waals surface area contributed by atoms with Crippen molar-refractivity contribution in [1.29, 1.82) is 0 Å². The third-order valence-electron chi connectivity index (χ3n) is 9.33. The van der Waals surface area contributed by atoms with Crippen LogP contribution in [0.4, 0.5) is 23.2 Å². The number of aliphatic carboxylic acids is 1. The van der Waals surface area contributed by atoms with Crippen molar-refractivity contribution in [3.8, 4) is 11.1 Å². The van der Waals surface area contributed by atoms with Crippen molar-refractivity contribution in [3.05, 3.63) is 81.4 Å². The summed E-state index contributed by atoms with van der Waals surface area (Å²) < 4.78 is 60.9. The molecule has 2 aromatic carbocycles. The van der Waals surface area contributed by atoms with Crippen molar-refractivity contribution < 1.29 is 32.2 Å². The van der Waals surface area contributed by atoms with Gasteiger partial charge in [-0.2, -0.15) is 13.2 Å². The Kier molecular flexibility index (Phi) is 9.51. The van der Waals surface area contributed by atoms with Crippen LogP contribution in [0.25, 0.3) is 11.1 Å². The van der Waals surface area contributed by atoms with E-state index in [1.165, 1.54) is 12.1 Å². The van der Waals surface area contributed by atoms with Gasteiger partial charge in [-0.1, -0.05) is 44.2 Å². The zero-order valence-corrected chi connectivity index (χ0v) is 28.3. The van der Waals surface area contributed by atoms with Crippen LogP contribution in [0, 0.1) is 25.1 Å². The summed E-state index contributed by atoms with van der Waals surface area (Å²) >= 11 is 0. The molecule has 10 heteroatoms. The minimum atomic E-state index is -4.75. The Bertz CT molecular complexity index is 1650. The Hall–Kier alpha value is -3.50. The molecular formula is C37H45F4N3O3. The van der Waals surface area contributed by atoms with Gasteiger partial charge in [-0.3, -0.25) is 9.88 Å². The standard InChI is InChI=1S/C37H45F4N3O3/c1-22-29(32(44-17-14-36(6,7)15-18-44)30(23(2)42-22)33(34(45)46)47-35(3,4)5)25-11-12-26-20-43(16-13-24(26)19-25)21-27-9-8-10-28(31(27)38)37(39,40)41/h8-12,19,33H,13-18,20-21H2,1-7H3,(H,45,46)/t33-/m0/s1. The lowest BCUT2D eigenvalue weighted by atomic mass is 9.81. The molecule has 1 N–H and O–H groups in total. The molecule has 0 radical (unpaired) electrons. The Morgan fingerprint density at radius 1 is 1.02 bits per heavy atom. The first-order chi connectivity index (χ1) is 21.8. The maximum atomic E-state index is 14.8. The molecular weight excluding hydrogens is 610 g/mol. The van der Waals surface area contributed by atoms with Crippen molar-refractivity contribution in [2.45, 2.75) is 98.7 Å². The second-order valence-electron chi connectivity index (χ2n) is 14.7. The Balaban J connectivity index is 1.54. The van der Waals surface area contributed by atoms with Gasteiger partial charge in [0.05, 0.1) is 16.9 Å². The molecule has 47 heavy (non-hydrogen) atoms. The number of carboxylic acids is 1. The van der Waals surface area contributed by atoms with Crippen LogP contribution in [0.15, 0.2) is 36.4 Å². The van der Waals surface area contributed by atoms with Gasteiger partial charge in [-0.15, -0.1) is 0 Å². The molecule has 0 aliphatic carbocycles. The summed E-state index contributed by atoms with van der Waals surface area (Å²) in [5.74, 6) is -2.29. The van der Waals surface area contributed by atoms with Crippen molar-refractivity contribution >= 4 is 11.7 Å². The molecule has 3 aromatic rings. The van der Waals surface area contributed by atoms with Gasteiger partial charge in [-0.05, 0) is 82.1 Å². The van der Waals surface area contributed by atoms with E-state index in [-0.39, 0.29) is 17.5 Å². The molecule has 0 amide bonds. The molecule has 1 aromatic heterocycles. The van der Waals surface area contributed by atoms with Gasteiger partial charge in [0.1, 0.15) is 5.82 Å². The Morgan fingerprint density at radius 2 is 1.70 bits per heavy atom. The van der Waals surface area contributed by atoms with E-state index in [4.69, 9.17) is 9.72 Å². The molecule has 6 nitrogen and oxygen atoms in total. The molecule has 3 heterocycles. The van der Waals surface area contributed by atoms with Gasteiger partial charge >= 0.3 is 12.1 Å². The molecule has 0 saturated carbocycles. The highest BCUT2D eigenvalue weighted by atomic mass is 19.4. The minimum Gasteiger partial charge on any atom is -0.479 e. The number of halogens is 4. The maximum absolute atomic E-state index is 14.8. The van der Waals surface area contributed by atoms with Crippen LogP contribution in [0.1, 0.15) is 92.8 Å². The second-order valence-corrected chi connectivity index (χ2v) is 14.7. The topological polar surface area (TPSA) is 65.9 Å². The zero-order valence-electron chi connectivity index (χ0n) is 28.3. The molecule has 254 valence electrons. The lowest BCUT2D eigenvalue weighted by Crippen LogP contribution is -2.39. The molecule has 0 unspecified atom stereocenters. The van der Waals surface area contributed by atoms with Gasteiger partial charge in [0.25, 0.3) is 0 Å². The summed E-state index contributed by atoms with van der Waals surface area (Å²) in [6.07, 6.45) is -3.42. The number of pyridine rings is 1. The van der Waals surface area contributed by atoms with Crippen LogP contribution in [-0.4, -0.2) is 46.2 Å². The fourth-order valence-electron chi connectivity index (χ4n) is 6.82. The number of alkyl halides is 3. The number of aromatic nitrogens is 1. The van der Waals surface area contributed by atoms with E-state index < -0.39 is 35.2 Å². The first kappa shape index (κ1) is 34.8. The summed E-state index contributed by atoms with van der Waals surface area (Å²) in [4.78, 5) is 21.9. The monoisotopic (exact) mass is 655 g/mol. The van der Waals surface area contributed by atoms with E-state index in [1.807, 2.05) is 51.7 Å². The predicted molar refractivity (Wildman–Crippen MR) is 175 cm³/mol. The number of hydrogen-bond donors (Lipinski definition) is 1. The number of piperidine rings is 1. The first-order valence-electron chi connectivity index (χ1n) is 16.2. The number of anilines is 1. The highest BCUT2D eigenvalue weighted by Gasteiger charge is 2.37. The molecule has 0 bridgehead atoms. The summed E-state index contributed by atoms with van der Waals surface area (Å²) in [7, 11) is 0. The fourth-order valence-corrected chi connectivity index (χ4v) is 6.82. The minimum absolute atomic E-state index is 0.0218. The number of benzene rings is 2. The van der Waals surface area contributed by atoms with E-state index in [0.29, 0.717) is 30.8 Å². The largest absolute Gasteiger partial charge is 0.479 e. The number of rotatable bonds is 7. The summed E-state index contributed by atoms with van der Waals surface area (Å²) in [6.45, 7) is 16.5. The van der Waals surface area contributed by atoms with Crippen LogP contribution in [0.5, 0.6) is 0 Å². The Morgan fingerprint density at radius 3 is 2.32 bits per heavy atom. The number of nitrogens with zero attached hydrogens (tertiary/aromatic N) is 3. The average molecular weight is 656 g/mol. The number of fused-ring (bicyclic) bond motifs is 1. The number of hydrogen-bond acceptors (Lipinski definition) is 5. The van der Waals surface area contributed by atoms with Crippen molar-refractivity contribution in [1.82, 2.24) is 9.88 Å². The Labute approximate surface area is 274 Å². The SMILES string of the molecule is Cc1nc(C)c([C@H](OC(C)(C)C)C(=O)O)c(N2CCC(C)(C)CC2)c1-c1ccc2c(c1)CCN(Cc1cccc(C(F)(F)F)c1F)C2. The summed E-state index contributed by atoms with van der Waals surface area (Å²) in [5, 5.41) is 10.5. The van der Waals surface area contributed by atoms with Crippen LogP contribution < -0.4 is 4.90 Å². The fraction of sp³-hybridized carbons (Fsp3) is 0.514. The highest BCUT2D eigenvalue weighted by molar-refractivity contribution is 5.88. The maximum Gasteiger partial charge on any atom is 0.419 e. The van der Waals surface area contributed by atoms with Crippen LogP contribution in [0.3, 0.4) is 0 Å². The van der Waals surface area contributed by atoms with Crippen molar-refractivity contribution in [2.24, 2.45) is 5.41 Å². The third kappa shape index (κ3) is 7.64. The normalized spacial score (nSPS) is 17.8. The number of carboxylic acid groups (broad SMARTS) is 1. The summed E-state index contributed by atoms with van der Waals surface area (Å²) in [5.41, 5.74) is 4.99. The van der Waals surface area contributed by atoms with E-state index in [0.717, 1.165) is 65.6 Å². The molecule has 5 rings (SSSR count). The molecule has 0 spiro atoms. The average Bonchev–Trinajstić information content (AvgIpc) is 2.95. The van der Waals surface area contributed by atoms with E-state index in [1.54, 1.807) is 0 Å². The zero-order chi connectivity index (χ0) is 34.5. The van der Waals surface area contributed by atoms with Gasteiger partial charge in [0.15, 0.2) is 6.10 Å². The van der Waals surface area contributed by atoms with E-state index in [2.05, 4.69) is 24.8 Å². The van der Waals surface area contributed by atoms with Crippen LogP contribution >= 0.6 is 0 Å². The highest BCUT2D eigenvalue weighted by Crippen LogP contribution is 2.45. The van der Waals surface area contributed by atoms with Crippen molar-refractivity contribution in [2.75, 3.05) is 24.5 Å². The van der Waals surface area contributed by atoms with E-state index >= 15 is 0 Å². The van der Waals surface area contributed by atoms with Gasteiger partial charge in [-0.25, -0.2) is 9.18 Å². The van der Waals surface area contributed by atoms with E-state index in [9.17, 15) is 27.5 Å². The molecule has 2 aliphatic heterocycles. The molecule has 1 fully saturated rings. The lowest BCUT2D eigenvalue weighted by Gasteiger charge is -2.41. The van der Waals surface area contributed by atoms with Gasteiger partial charge in [0.2, 0.25) is 0 Å². The van der Waals surface area contributed by atoms with Crippen molar-refractivity contribution in [3.63, 3.8) is 0 Å². The molecule has 2 aliphatic rings. The second kappa shape index (κ2) is 12.8. The first-order valence-corrected chi connectivity index (χ1v) is 16.2. The number of ether oxygens (including phenoxy) is 1. The number of aryl methyl sites for hydroxylation is 2. The number of carbonyl (C=O) groups is 1. The third-order valence-corrected chi connectivity index (χ3v) is 9.33. The van der Waals surface area contributed by atoms with Crippen LogP contribution in [-0.2, 0) is 35.2 Å². The summed E-state index contributed by atoms with van der Waals surface area (Å²) in [6, 6.07) is 9.57. The van der Waals surface area contributed by atoms with Gasteiger partial charge < -0.3 is 14.7 Å². The lowest BCUT2D eigenvalue weighted by molar-refractivity contribution is -0.160. The van der Waals surface area contributed by atoms with Crippen LogP contribution in [0.2, 0.25) is 0 Å². The van der Waals surface area contributed by atoms with Gasteiger partial charge in [0, 0.05) is 60.8 Å².